The van der Waals surface area contributed by atoms with Gasteiger partial charge >= 0.3 is 0 Å². The predicted molar refractivity (Wildman–Crippen MR) is 82.0 cm³/mol. The van der Waals surface area contributed by atoms with Gasteiger partial charge in [-0.2, -0.15) is 8.42 Å². The Labute approximate surface area is 127 Å². The third kappa shape index (κ3) is 3.69. The number of aryl methyl sites for hydroxylation is 1. The fourth-order valence-electron chi connectivity index (χ4n) is 1.74. The maximum atomic E-state index is 12.2. The second-order valence-electron chi connectivity index (χ2n) is 4.56. The van der Waals surface area contributed by atoms with Gasteiger partial charge in [-0.15, -0.1) is 0 Å². The van der Waals surface area contributed by atoms with Crippen molar-refractivity contribution in [1.29, 1.82) is 0 Å². The van der Waals surface area contributed by atoms with Crippen LogP contribution in [0.2, 0.25) is 0 Å². The van der Waals surface area contributed by atoms with Gasteiger partial charge in [0.25, 0.3) is 10.1 Å². The molecule has 0 amide bonds. The molecule has 3 nitrogen and oxygen atoms in total. The minimum absolute atomic E-state index is 0.173. The fourth-order valence-corrected chi connectivity index (χ4v) is 3.08. The Kier molecular flexibility index (Phi) is 4.62. The van der Waals surface area contributed by atoms with Crippen LogP contribution in [0.5, 0.6) is 0 Å². The highest BCUT2D eigenvalue weighted by molar-refractivity contribution is 9.10. The maximum Gasteiger partial charge on any atom is 0.297 e. The molecule has 5 heteroatoms. The Bertz CT molecular complexity index is 676. The molecule has 0 radical (unpaired) electrons. The van der Waals surface area contributed by atoms with Crippen LogP contribution >= 0.6 is 15.9 Å². The minimum Gasteiger partial charge on any atom is -0.258 e. The number of rotatable bonds is 4. The van der Waals surface area contributed by atoms with E-state index in [0.717, 1.165) is 15.6 Å². The van der Waals surface area contributed by atoms with Crippen molar-refractivity contribution in [3.8, 4) is 0 Å². The van der Waals surface area contributed by atoms with Gasteiger partial charge in [0, 0.05) is 4.47 Å². The van der Waals surface area contributed by atoms with Crippen molar-refractivity contribution >= 4 is 26.0 Å². The fraction of sp³-hybridized carbons (Fsp3) is 0.200. The molecule has 2 rings (SSSR count). The van der Waals surface area contributed by atoms with Gasteiger partial charge in [0.2, 0.25) is 0 Å². The third-order valence-electron chi connectivity index (χ3n) is 2.92. The second-order valence-corrected chi connectivity index (χ2v) is 7.04. The van der Waals surface area contributed by atoms with Crippen LogP contribution in [-0.4, -0.2) is 8.42 Å². The number of benzene rings is 2. The molecule has 2 aromatic carbocycles. The van der Waals surface area contributed by atoms with Crippen LogP contribution in [0.3, 0.4) is 0 Å². The number of hydrogen-bond donors (Lipinski definition) is 0. The quantitative estimate of drug-likeness (QED) is 0.771. The minimum atomic E-state index is -3.75. The van der Waals surface area contributed by atoms with Crippen LogP contribution in [0.15, 0.2) is 57.9 Å². The van der Waals surface area contributed by atoms with Crippen molar-refractivity contribution in [2.75, 3.05) is 0 Å². The molecular formula is C15H15BrO3S. The molecular weight excluding hydrogens is 340 g/mol. The molecule has 0 aliphatic carbocycles. The average Bonchev–Trinajstić information content (AvgIpc) is 2.39. The maximum absolute atomic E-state index is 12.2. The molecule has 20 heavy (non-hydrogen) atoms. The van der Waals surface area contributed by atoms with Gasteiger partial charge < -0.3 is 0 Å². The molecule has 106 valence electrons. The summed E-state index contributed by atoms with van der Waals surface area (Å²) in [5.74, 6) is 0. The topological polar surface area (TPSA) is 43.4 Å². The summed E-state index contributed by atoms with van der Waals surface area (Å²) in [5, 5.41) is 0. The third-order valence-corrected chi connectivity index (χ3v) is 4.84. The van der Waals surface area contributed by atoms with Crippen LogP contribution in [0, 0.1) is 6.92 Å². The molecule has 0 saturated heterocycles. The van der Waals surface area contributed by atoms with E-state index >= 15 is 0 Å². The average molecular weight is 355 g/mol. The summed E-state index contributed by atoms with van der Waals surface area (Å²) >= 11 is 3.34. The first-order valence-corrected chi connectivity index (χ1v) is 8.34. The van der Waals surface area contributed by atoms with Crippen LogP contribution < -0.4 is 0 Å². The highest BCUT2D eigenvalue weighted by Gasteiger charge is 2.19. The lowest BCUT2D eigenvalue weighted by atomic mass is 10.1. The van der Waals surface area contributed by atoms with Gasteiger partial charge in [0.1, 0.15) is 0 Å². The Balaban J connectivity index is 2.19. The molecule has 0 N–H and O–H groups in total. The van der Waals surface area contributed by atoms with E-state index in [-0.39, 0.29) is 4.90 Å². The Hall–Kier alpha value is -1.17. The highest BCUT2D eigenvalue weighted by Crippen LogP contribution is 2.24. The Morgan fingerprint density at radius 3 is 2.10 bits per heavy atom. The van der Waals surface area contributed by atoms with Crippen LogP contribution in [0.4, 0.5) is 0 Å². The first kappa shape index (κ1) is 15.2. The van der Waals surface area contributed by atoms with Crippen molar-refractivity contribution < 1.29 is 12.6 Å². The number of hydrogen-bond acceptors (Lipinski definition) is 3. The van der Waals surface area contributed by atoms with Gasteiger partial charge in [-0.25, -0.2) is 0 Å². The summed E-state index contributed by atoms with van der Waals surface area (Å²) in [6, 6.07) is 14.0. The van der Waals surface area contributed by atoms with Gasteiger partial charge in [-0.3, -0.25) is 4.18 Å². The van der Waals surface area contributed by atoms with Gasteiger partial charge in [-0.05, 0) is 43.7 Å². The summed E-state index contributed by atoms with van der Waals surface area (Å²) in [6.45, 7) is 3.62. The van der Waals surface area contributed by atoms with Gasteiger partial charge in [0.15, 0.2) is 0 Å². The summed E-state index contributed by atoms with van der Waals surface area (Å²) in [4.78, 5) is 0.173. The lowest BCUT2D eigenvalue weighted by Crippen LogP contribution is -2.10. The zero-order valence-corrected chi connectivity index (χ0v) is 13.6. The Morgan fingerprint density at radius 2 is 1.55 bits per heavy atom. The van der Waals surface area contributed by atoms with Crippen LogP contribution in [-0.2, 0) is 14.3 Å². The monoisotopic (exact) mass is 354 g/mol. The molecule has 2 aromatic rings. The van der Waals surface area contributed by atoms with Crippen molar-refractivity contribution in [2.45, 2.75) is 24.8 Å². The first-order valence-electron chi connectivity index (χ1n) is 6.14. The van der Waals surface area contributed by atoms with Crippen molar-refractivity contribution in [2.24, 2.45) is 0 Å². The van der Waals surface area contributed by atoms with E-state index in [4.69, 9.17) is 4.18 Å². The van der Waals surface area contributed by atoms with Gasteiger partial charge in [-0.1, -0.05) is 45.8 Å². The SMILES string of the molecule is Cc1ccc(S(=O)(=O)OC(C)c2ccc(Br)cc2)cc1. The van der Waals surface area contributed by atoms with Crippen molar-refractivity contribution in [3.05, 3.63) is 64.1 Å². The number of halogens is 1. The molecule has 0 aliphatic rings. The molecule has 0 spiro atoms. The van der Waals surface area contributed by atoms with Gasteiger partial charge in [0.05, 0.1) is 11.0 Å². The van der Waals surface area contributed by atoms with E-state index in [1.807, 2.05) is 31.2 Å². The van der Waals surface area contributed by atoms with Crippen LogP contribution in [0.25, 0.3) is 0 Å². The van der Waals surface area contributed by atoms with Crippen molar-refractivity contribution in [1.82, 2.24) is 0 Å². The normalized spacial score (nSPS) is 13.2. The van der Waals surface area contributed by atoms with Crippen LogP contribution in [0.1, 0.15) is 24.2 Å². The summed E-state index contributed by atoms with van der Waals surface area (Å²) < 4.78 is 30.5. The molecule has 0 saturated carbocycles. The standard InChI is InChI=1S/C15H15BrO3S/c1-11-3-9-15(10-4-11)20(17,18)19-12(2)13-5-7-14(16)8-6-13/h3-10,12H,1-2H3. The van der Waals surface area contributed by atoms with Crippen molar-refractivity contribution in [3.63, 3.8) is 0 Å². The van der Waals surface area contributed by atoms with E-state index < -0.39 is 16.2 Å². The zero-order valence-electron chi connectivity index (χ0n) is 11.2. The molecule has 0 bridgehead atoms. The predicted octanol–water partition coefficient (Wildman–Crippen LogP) is 4.22. The molecule has 1 unspecified atom stereocenters. The first-order chi connectivity index (χ1) is 9.38. The summed E-state index contributed by atoms with van der Waals surface area (Å²) in [7, 11) is -3.75. The zero-order chi connectivity index (χ0) is 14.8. The lowest BCUT2D eigenvalue weighted by molar-refractivity contribution is 0.234. The van der Waals surface area contributed by atoms with E-state index in [1.165, 1.54) is 0 Å². The smallest absolute Gasteiger partial charge is 0.258 e. The van der Waals surface area contributed by atoms with E-state index in [1.54, 1.807) is 31.2 Å². The molecule has 0 aliphatic heterocycles. The molecule has 0 aromatic heterocycles. The van der Waals surface area contributed by atoms with E-state index in [2.05, 4.69) is 15.9 Å². The largest absolute Gasteiger partial charge is 0.297 e. The lowest BCUT2D eigenvalue weighted by Gasteiger charge is -2.13. The Morgan fingerprint density at radius 1 is 1.00 bits per heavy atom. The second kappa shape index (κ2) is 6.08. The molecule has 0 fully saturated rings. The van der Waals surface area contributed by atoms with E-state index in [0.29, 0.717) is 0 Å². The summed E-state index contributed by atoms with van der Waals surface area (Å²) in [5.41, 5.74) is 1.81. The summed E-state index contributed by atoms with van der Waals surface area (Å²) in [6.07, 6.45) is -0.533. The molecule has 0 heterocycles. The molecule has 1 atom stereocenters. The highest BCUT2D eigenvalue weighted by atomic mass is 79.9. The van der Waals surface area contributed by atoms with E-state index in [9.17, 15) is 8.42 Å².